The second kappa shape index (κ2) is 6.92. The van der Waals surface area contributed by atoms with Crippen LogP contribution >= 0.6 is 0 Å². The molecule has 3 nitrogen and oxygen atoms in total. The van der Waals surface area contributed by atoms with Gasteiger partial charge in [0.05, 0.1) is 6.54 Å². The molecule has 3 aromatic carbocycles. The highest BCUT2D eigenvalue weighted by molar-refractivity contribution is 6.02. The number of fused-ring (bicyclic) bond motifs is 1. The van der Waals surface area contributed by atoms with Crippen molar-refractivity contribution in [1.82, 2.24) is 0 Å². The van der Waals surface area contributed by atoms with Gasteiger partial charge in [-0.3, -0.25) is 4.99 Å². The standard InChI is InChI=1S/C19H16FNO2/c20-17-7-3-4-8-19(17)23-12-11-21-13-16-15-6-2-1-5-14(15)9-10-18(16)22/h1-10,13,22H,11-12H2. The number of phenols is 1. The van der Waals surface area contributed by atoms with Crippen molar-refractivity contribution < 1.29 is 14.2 Å². The summed E-state index contributed by atoms with van der Waals surface area (Å²) in [4.78, 5) is 4.26. The van der Waals surface area contributed by atoms with Crippen molar-refractivity contribution in [2.24, 2.45) is 4.99 Å². The first-order valence-electron chi connectivity index (χ1n) is 7.33. The summed E-state index contributed by atoms with van der Waals surface area (Å²) in [6.07, 6.45) is 1.63. The van der Waals surface area contributed by atoms with Crippen LogP contribution in [0, 0.1) is 5.82 Å². The van der Waals surface area contributed by atoms with Crippen LogP contribution < -0.4 is 4.74 Å². The molecule has 0 radical (unpaired) electrons. The Morgan fingerprint density at radius 1 is 1.00 bits per heavy atom. The van der Waals surface area contributed by atoms with Crippen molar-refractivity contribution in [1.29, 1.82) is 0 Å². The quantitative estimate of drug-likeness (QED) is 0.567. The molecule has 0 bridgehead atoms. The zero-order valence-corrected chi connectivity index (χ0v) is 12.4. The van der Waals surface area contributed by atoms with Crippen molar-refractivity contribution in [2.45, 2.75) is 0 Å². The van der Waals surface area contributed by atoms with E-state index in [1.807, 2.05) is 30.3 Å². The topological polar surface area (TPSA) is 41.8 Å². The number of halogens is 1. The van der Waals surface area contributed by atoms with Gasteiger partial charge in [-0.2, -0.15) is 0 Å². The Hall–Kier alpha value is -2.88. The Balaban J connectivity index is 1.67. The van der Waals surface area contributed by atoms with E-state index >= 15 is 0 Å². The van der Waals surface area contributed by atoms with Gasteiger partial charge in [0.2, 0.25) is 0 Å². The van der Waals surface area contributed by atoms with Crippen molar-refractivity contribution in [3.63, 3.8) is 0 Å². The molecule has 0 aliphatic heterocycles. The first-order valence-corrected chi connectivity index (χ1v) is 7.33. The normalized spacial score (nSPS) is 11.2. The first kappa shape index (κ1) is 15.0. The molecule has 23 heavy (non-hydrogen) atoms. The van der Waals surface area contributed by atoms with Crippen LogP contribution in [0.15, 0.2) is 65.7 Å². The van der Waals surface area contributed by atoms with Gasteiger partial charge in [-0.25, -0.2) is 4.39 Å². The van der Waals surface area contributed by atoms with Crippen molar-refractivity contribution in [3.05, 3.63) is 72.0 Å². The van der Waals surface area contributed by atoms with Crippen LogP contribution in [-0.4, -0.2) is 24.5 Å². The van der Waals surface area contributed by atoms with E-state index in [2.05, 4.69) is 4.99 Å². The first-order chi connectivity index (χ1) is 11.3. The van der Waals surface area contributed by atoms with E-state index in [0.29, 0.717) is 12.1 Å². The number of benzene rings is 3. The minimum Gasteiger partial charge on any atom is -0.507 e. The summed E-state index contributed by atoms with van der Waals surface area (Å²) < 4.78 is 18.7. The molecule has 3 aromatic rings. The number of hydrogen-bond donors (Lipinski definition) is 1. The molecule has 0 heterocycles. The summed E-state index contributed by atoms with van der Waals surface area (Å²) >= 11 is 0. The Morgan fingerprint density at radius 2 is 1.78 bits per heavy atom. The SMILES string of the molecule is Oc1ccc2ccccc2c1C=NCCOc1ccccc1F. The lowest BCUT2D eigenvalue weighted by Gasteiger charge is -2.06. The lowest BCUT2D eigenvalue weighted by molar-refractivity contribution is 0.311. The van der Waals surface area contributed by atoms with Crippen LogP contribution in [-0.2, 0) is 0 Å². The van der Waals surface area contributed by atoms with E-state index in [1.54, 1.807) is 30.5 Å². The summed E-state index contributed by atoms with van der Waals surface area (Å²) in [5.41, 5.74) is 0.675. The number of phenolic OH excluding ortho intramolecular Hbond substituents is 1. The smallest absolute Gasteiger partial charge is 0.165 e. The molecule has 0 saturated heterocycles. The highest BCUT2D eigenvalue weighted by atomic mass is 19.1. The van der Waals surface area contributed by atoms with E-state index in [0.717, 1.165) is 10.8 Å². The van der Waals surface area contributed by atoms with Gasteiger partial charge in [-0.1, -0.05) is 42.5 Å². The number of hydrogen-bond acceptors (Lipinski definition) is 3. The fourth-order valence-corrected chi connectivity index (χ4v) is 2.35. The third-order valence-corrected chi connectivity index (χ3v) is 3.48. The number of nitrogens with zero attached hydrogens (tertiary/aromatic N) is 1. The Morgan fingerprint density at radius 3 is 2.65 bits per heavy atom. The van der Waals surface area contributed by atoms with Gasteiger partial charge < -0.3 is 9.84 Å². The van der Waals surface area contributed by atoms with Crippen LogP contribution in [0.4, 0.5) is 4.39 Å². The predicted octanol–water partition coefficient (Wildman–Crippen LogP) is 4.18. The Bertz CT molecular complexity index is 846. The predicted molar refractivity (Wildman–Crippen MR) is 90.0 cm³/mol. The molecular weight excluding hydrogens is 293 g/mol. The third kappa shape index (κ3) is 3.48. The van der Waals surface area contributed by atoms with Crippen LogP contribution in [0.2, 0.25) is 0 Å². The number of rotatable bonds is 5. The van der Waals surface area contributed by atoms with Crippen molar-refractivity contribution in [3.8, 4) is 11.5 Å². The van der Waals surface area contributed by atoms with Gasteiger partial charge in [0.15, 0.2) is 11.6 Å². The van der Waals surface area contributed by atoms with Crippen molar-refractivity contribution in [2.75, 3.05) is 13.2 Å². The molecule has 4 heteroatoms. The molecule has 0 amide bonds. The molecule has 3 rings (SSSR count). The van der Waals surface area contributed by atoms with Crippen LogP contribution in [0.25, 0.3) is 10.8 Å². The van der Waals surface area contributed by atoms with E-state index in [9.17, 15) is 9.50 Å². The summed E-state index contributed by atoms with van der Waals surface area (Å²) in [5.74, 6) is 0.0151. The summed E-state index contributed by atoms with van der Waals surface area (Å²) in [6.45, 7) is 0.639. The van der Waals surface area contributed by atoms with E-state index in [1.165, 1.54) is 6.07 Å². The lowest BCUT2D eigenvalue weighted by Crippen LogP contribution is -2.02. The number of ether oxygens (including phenoxy) is 1. The minimum atomic E-state index is -0.386. The molecular formula is C19H16FNO2. The molecule has 0 fully saturated rings. The van der Waals surface area contributed by atoms with Crippen LogP contribution in [0.1, 0.15) is 5.56 Å². The zero-order valence-electron chi connectivity index (χ0n) is 12.4. The lowest BCUT2D eigenvalue weighted by atomic mass is 10.0. The number of aliphatic imine (C=N–C) groups is 1. The highest BCUT2D eigenvalue weighted by Crippen LogP contribution is 2.25. The minimum absolute atomic E-state index is 0.183. The third-order valence-electron chi connectivity index (χ3n) is 3.48. The fourth-order valence-electron chi connectivity index (χ4n) is 2.35. The van der Waals surface area contributed by atoms with E-state index in [-0.39, 0.29) is 23.9 Å². The zero-order chi connectivity index (χ0) is 16.1. The maximum atomic E-state index is 13.4. The van der Waals surface area contributed by atoms with Gasteiger partial charge >= 0.3 is 0 Å². The van der Waals surface area contributed by atoms with Gasteiger partial charge in [-0.15, -0.1) is 0 Å². The van der Waals surface area contributed by atoms with Gasteiger partial charge in [-0.05, 0) is 29.0 Å². The molecule has 0 unspecified atom stereocenters. The van der Waals surface area contributed by atoms with E-state index in [4.69, 9.17) is 4.74 Å². The average molecular weight is 309 g/mol. The largest absolute Gasteiger partial charge is 0.507 e. The van der Waals surface area contributed by atoms with Gasteiger partial charge in [0.25, 0.3) is 0 Å². The van der Waals surface area contributed by atoms with Gasteiger partial charge in [0, 0.05) is 11.8 Å². The van der Waals surface area contributed by atoms with Crippen LogP contribution in [0.3, 0.4) is 0 Å². The second-order valence-electron chi connectivity index (χ2n) is 5.03. The Kier molecular flexibility index (Phi) is 4.52. The second-order valence-corrected chi connectivity index (χ2v) is 5.03. The van der Waals surface area contributed by atoms with Crippen LogP contribution in [0.5, 0.6) is 11.5 Å². The molecule has 0 spiro atoms. The molecule has 116 valence electrons. The van der Waals surface area contributed by atoms with Gasteiger partial charge in [0.1, 0.15) is 12.4 Å². The number of para-hydroxylation sites is 1. The molecule has 0 saturated carbocycles. The molecule has 0 aliphatic rings. The summed E-state index contributed by atoms with van der Waals surface area (Å²) in [5, 5.41) is 12.0. The highest BCUT2D eigenvalue weighted by Gasteiger charge is 2.04. The molecule has 0 atom stereocenters. The molecule has 0 aliphatic carbocycles. The maximum absolute atomic E-state index is 13.4. The maximum Gasteiger partial charge on any atom is 0.165 e. The average Bonchev–Trinajstić information content (AvgIpc) is 2.58. The summed E-state index contributed by atoms with van der Waals surface area (Å²) in [7, 11) is 0. The summed E-state index contributed by atoms with van der Waals surface area (Å²) in [6, 6.07) is 17.6. The van der Waals surface area contributed by atoms with E-state index < -0.39 is 0 Å². The molecule has 1 N–H and O–H groups in total. The fraction of sp³-hybridized carbons (Fsp3) is 0.105. The monoisotopic (exact) mass is 309 g/mol. The number of aromatic hydroxyl groups is 1. The molecule has 0 aromatic heterocycles. The Labute approximate surface area is 133 Å². The van der Waals surface area contributed by atoms with Crippen molar-refractivity contribution >= 4 is 17.0 Å².